The largest absolute Gasteiger partial charge is 0.443 e. The molecular formula is C21H26FN3O4S. The quantitative estimate of drug-likeness (QED) is 0.690. The number of halogens is 1. The van der Waals surface area contributed by atoms with Crippen molar-refractivity contribution < 1.29 is 22.3 Å². The van der Waals surface area contributed by atoms with Gasteiger partial charge in [0.2, 0.25) is 10.0 Å². The van der Waals surface area contributed by atoms with Gasteiger partial charge in [-0.15, -0.1) is 0 Å². The Balaban J connectivity index is 1.72. The number of rotatable bonds is 8. The molecule has 162 valence electrons. The Labute approximate surface area is 176 Å². The summed E-state index contributed by atoms with van der Waals surface area (Å²) in [5, 5.41) is 0. The van der Waals surface area contributed by atoms with Gasteiger partial charge in [0.15, 0.2) is 0 Å². The summed E-state index contributed by atoms with van der Waals surface area (Å²) >= 11 is 0. The Morgan fingerprint density at radius 2 is 1.90 bits per heavy atom. The van der Waals surface area contributed by atoms with Crippen molar-refractivity contribution in [3.63, 3.8) is 0 Å². The molecule has 0 aromatic heterocycles. The van der Waals surface area contributed by atoms with Crippen LogP contribution >= 0.6 is 0 Å². The Kier molecular flexibility index (Phi) is 6.74. The van der Waals surface area contributed by atoms with Gasteiger partial charge in [-0.3, -0.25) is 4.90 Å². The number of carbonyl (C=O) groups excluding carboxylic acids is 1. The molecule has 1 aliphatic heterocycles. The van der Waals surface area contributed by atoms with Gasteiger partial charge in [-0.05, 0) is 50.3 Å². The van der Waals surface area contributed by atoms with E-state index in [1.54, 1.807) is 43.3 Å². The Morgan fingerprint density at radius 3 is 2.50 bits per heavy atom. The number of nitrogens with zero attached hydrogens (tertiary/aromatic N) is 2. The fraction of sp³-hybridized carbons (Fsp3) is 0.381. The molecule has 1 heterocycles. The number of sulfonamides is 1. The predicted octanol–water partition coefficient (Wildman–Crippen LogP) is 2.82. The molecule has 0 aliphatic carbocycles. The molecule has 0 radical (unpaired) electrons. The van der Waals surface area contributed by atoms with Crippen LogP contribution in [0.1, 0.15) is 12.5 Å². The molecule has 7 nitrogen and oxygen atoms in total. The first-order chi connectivity index (χ1) is 14.2. The van der Waals surface area contributed by atoms with Crippen molar-refractivity contribution in [2.75, 3.05) is 37.8 Å². The maximum absolute atomic E-state index is 14.8. The minimum absolute atomic E-state index is 0.0170. The summed E-state index contributed by atoms with van der Waals surface area (Å²) in [5.41, 5.74) is 2.29. The molecular weight excluding hydrogens is 409 g/mol. The highest BCUT2D eigenvalue weighted by atomic mass is 32.2. The highest BCUT2D eigenvalue weighted by Gasteiger charge is 2.32. The number of hydrogen-bond donors (Lipinski definition) is 1. The van der Waals surface area contributed by atoms with E-state index < -0.39 is 21.9 Å². The van der Waals surface area contributed by atoms with Crippen molar-refractivity contribution in [1.29, 1.82) is 0 Å². The first-order valence-corrected chi connectivity index (χ1v) is 11.3. The number of ether oxygens (including phenoxy) is 1. The number of nitrogens with one attached hydrogen (secondary N) is 1. The zero-order valence-electron chi connectivity index (χ0n) is 17.3. The summed E-state index contributed by atoms with van der Waals surface area (Å²) in [5.74, 6) is -0.431. The van der Waals surface area contributed by atoms with E-state index in [2.05, 4.69) is 4.72 Å². The molecule has 30 heavy (non-hydrogen) atoms. The SMILES string of the molecule is CCS(=O)(=O)NCc1ccc(-c2ccc(N3C[C@H](CN(C)C)OC3=O)cc2F)cc1. The Hall–Kier alpha value is -2.49. The summed E-state index contributed by atoms with van der Waals surface area (Å²) in [4.78, 5) is 15.5. The molecule has 0 unspecified atom stereocenters. The summed E-state index contributed by atoms with van der Waals surface area (Å²) in [6.07, 6.45) is -0.735. The number of hydrogen-bond acceptors (Lipinski definition) is 5. The van der Waals surface area contributed by atoms with Crippen molar-refractivity contribution in [1.82, 2.24) is 9.62 Å². The van der Waals surface area contributed by atoms with Gasteiger partial charge in [0, 0.05) is 18.7 Å². The first kappa shape index (κ1) is 22.2. The third kappa shape index (κ3) is 5.35. The van der Waals surface area contributed by atoms with Crippen molar-refractivity contribution in [3.05, 3.63) is 53.8 Å². The van der Waals surface area contributed by atoms with Gasteiger partial charge in [0.05, 0.1) is 18.0 Å². The van der Waals surface area contributed by atoms with E-state index in [4.69, 9.17) is 4.74 Å². The van der Waals surface area contributed by atoms with Gasteiger partial charge < -0.3 is 9.64 Å². The molecule has 0 saturated carbocycles. The average molecular weight is 436 g/mol. The minimum atomic E-state index is -3.27. The fourth-order valence-corrected chi connectivity index (χ4v) is 3.83. The van der Waals surface area contributed by atoms with E-state index in [9.17, 15) is 17.6 Å². The second kappa shape index (κ2) is 9.11. The third-order valence-corrected chi connectivity index (χ3v) is 6.19. The van der Waals surface area contributed by atoms with Crippen molar-refractivity contribution in [3.8, 4) is 11.1 Å². The van der Waals surface area contributed by atoms with Crippen LogP contribution < -0.4 is 9.62 Å². The van der Waals surface area contributed by atoms with Crippen LogP contribution in [0.5, 0.6) is 0 Å². The van der Waals surface area contributed by atoms with E-state index in [-0.39, 0.29) is 18.4 Å². The average Bonchev–Trinajstić information content (AvgIpc) is 3.06. The number of amides is 1. The topological polar surface area (TPSA) is 79.0 Å². The lowest BCUT2D eigenvalue weighted by Crippen LogP contribution is -2.30. The van der Waals surface area contributed by atoms with Gasteiger partial charge in [-0.2, -0.15) is 0 Å². The number of likely N-dealkylation sites (N-methyl/N-ethyl adjacent to an activating group) is 1. The Morgan fingerprint density at radius 1 is 1.20 bits per heavy atom. The maximum atomic E-state index is 14.8. The number of carbonyl (C=O) groups is 1. The molecule has 1 amide bonds. The van der Waals surface area contributed by atoms with Crippen LogP contribution in [0.25, 0.3) is 11.1 Å². The van der Waals surface area contributed by atoms with E-state index in [0.29, 0.717) is 29.9 Å². The lowest BCUT2D eigenvalue weighted by atomic mass is 10.0. The molecule has 3 rings (SSSR count). The van der Waals surface area contributed by atoms with Crippen LogP contribution in [-0.4, -0.2) is 58.5 Å². The number of benzene rings is 2. The van der Waals surface area contributed by atoms with Crippen LogP contribution in [0.2, 0.25) is 0 Å². The normalized spacial score (nSPS) is 16.9. The molecule has 1 fully saturated rings. The van der Waals surface area contributed by atoms with Crippen LogP contribution in [0, 0.1) is 5.82 Å². The molecule has 1 atom stereocenters. The Bertz CT molecular complexity index is 1010. The van der Waals surface area contributed by atoms with Gasteiger partial charge in [0.1, 0.15) is 11.9 Å². The molecule has 2 aromatic rings. The van der Waals surface area contributed by atoms with Crippen LogP contribution in [0.15, 0.2) is 42.5 Å². The van der Waals surface area contributed by atoms with E-state index >= 15 is 0 Å². The summed E-state index contributed by atoms with van der Waals surface area (Å²) in [6, 6.07) is 11.6. The van der Waals surface area contributed by atoms with Crippen molar-refractivity contribution >= 4 is 21.8 Å². The van der Waals surface area contributed by atoms with Crippen LogP contribution in [0.3, 0.4) is 0 Å². The van der Waals surface area contributed by atoms with Crippen molar-refractivity contribution in [2.24, 2.45) is 0 Å². The lowest BCUT2D eigenvalue weighted by molar-refractivity contribution is 0.123. The molecule has 2 aromatic carbocycles. The van der Waals surface area contributed by atoms with Gasteiger partial charge in [-0.1, -0.05) is 24.3 Å². The standard InChI is InChI=1S/C21H26FN3O4S/c1-4-30(27,28)23-12-15-5-7-16(8-6-15)19-10-9-17(11-20(19)22)25-14-18(13-24(2)3)29-21(25)26/h5-11,18,23H,4,12-14H2,1-3H3/t18-/m0/s1. The summed E-state index contributed by atoms with van der Waals surface area (Å²) in [7, 11) is 0.526. The molecule has 1 N–H and O–H groups in total. The highest BCUT2D eigenvalue weighted by molar-refractivity contribution is 7.89. The van der Waals surface area contributed by atoms with E-state index in [0.717, 1.165) is 5.56 Å². The second-order valence-electron chi connectivity index (χ2n) is 7.46. The second-order valence-corrected chi connectivity index (χ2v) is 9.56. The van der Waals surface area contributed by atoms with Crippen LogP contribution in [-0.2, 0) is 21.3 Å². The van der Waals surface area contributed by atoms with Crippen LogP contribution in [0.4, 0.5) is 14.9 Å². The van der Waals surface area contributed by atoms with Gasteiger partial charge in [-0.25, -0.2) is 22.3 Å². The maximum Gasteiger partial charge on any atom is 0.414 e. The monoisotopic (exact) mass is 435 g/mol. The van der Waals surface area contributed by atoms with Gasteiger partial charge >= 0.3 is 6.09 Å². The predicted molar refractivity (Wildman–Crippen MR) is 114 cm³/mol. The number of anilines is 1. The fourth-order valence-electron chi connectivity index (χ4n) is 3.24. The van der Waals surface area contributed by atoms with E-state index in [1.807, 2.05) is 19.0 Å². The van der Waals surface area contributed by atoms with Gasteiger partial charge in [0.25, 0.3) is 0 Å². The zero-order valence-corrected chi connectivity index (χ0v) is 18.1. The molecule has 0 spiro atoms. The third-order valence-electron chi connectivity index (χ3n) is 4.85. The molecule has 0 bridgehead atoms. The first-order valence-electron chi connectivity index (χ1n) is 9.67. The minimum Gasteiger partial charge on any atom is -0.443 e. The summed E-state index contributed by atoms with van der Waals surface area (Å²) < 4.78 is 45.7. The molecule has 1 saturated heterocycles. The highest BCUT2D eigenvalue weighted by Crippen LogP contribution is 2.29. The lowest BCUT2D eigenvalue weighted by Gasteiger charge is -2.16. The van der Waals surface area contributed by atoms with Crippen molar-refractivity contribution in [2.45, 2.75) is 19.6 Å². The summed E-state index contributed by atoms with van der Waals surface area (Å²) in [6.45, 7) is 2.73. The van der Waals surface area contributed by atoms with E-state index in [1.165, 1.54) is 11.0 Å². The molecule has 1 aliphatic rings. The number of cyclic esters (lactones) is 1. The molecule has 9 heteroatoms. The smallest absolute Gasteiger partial charge is 0.414 e. The zero-order chi connectivity index (χ0) is 21.9.